The number of ether oxygens (including phenoxy) is 1. The Hall–Kier alpha value is -2.59. The van der Waals surface area contributed by atoms with Gasteiger partial charge in [-0.3, -0.25) is 4.79 Å². The molecule has 0 saturated carbocycles. The Morgan fingerprint density at radius 3 is 2.52 bits per heavy atom. The second-order valence-electron chi connectivity index (χ2n) is 6.11. The highest BCUT2D eigenvalue weighted by Crippen LogP contribution is 2.23. The number of sulfonamides is 1. The van der Waals surface area contributed by atoms with E-state index in [0.29, 0.717) is 12.1 Å². The fourth-order valence-electron chi connectivity index (χ4n) is 2.52. The molecule has 0 aliphatic heterocycles. The molecule has 7 nitrogen and oxygen atoms in total. The van der Waals surface area contributed by atoms with Crippen molar-refractivity contribution < 1.29 is 17.9 Å². The summed E-state index contributed by atoms with van der Waals surface area (Å²) >= 11 is 1.52. The third kappa shape index (κ3) is 5.70. The molecule has 2 aromatic carbocycles. The standard InChI is InChI=1S/C20H21N3O4S2/c1-27-12-11-22-29(25,26)18-9-7-15(8-10-18)19(24)21-13-17-14-28-20(23-17)16-5-3-2-4-6-16/h2-10,14,22H,11-13H2,1H3,(H,21,24). The van der Waals surface area contributed by atoms with E-state index in [4.69, 9.17) is 4.74 Å². The monoisotopic (exact) mass is 431 g/mol. The summed E-state index contributed by atoms with van der Waals surface area (Å²) in [4.78, 5) is 17.0. The average Bonchev–Trinajstić information content (AvgIpc) is 3.22. The summed E-state index contributed by atoms with van der Waals surface area (Å²) < 4.78 is 31.5. The van der Waals surface area contributed by atoms with Gasteiger partial charge in [-0.2, -0.15) is 0 Å². The zero-order valence-corrected chi connectivity index (χ0v) is 17.4. The molecule has 0 bridgehead atoms. The molecule has 152 valence electrons. The summed E-state index contributed by atoms with van der Waals surface area (Å²) in [5, 5.41) is 5.60. The molecule has 0 atom stereocenters. The van der Waals surface area contributed by atoms with E-state index in [-0.39, 0.29) is 24.0 Å². The minimum Gasteiger partial charge on any atom is -0.383 e. The lowest BCUT2D eigenvalue weighted by molar-refractivity contribution is 0.0950. The van der Waals surface area contributed by atoms with E-state index in [1.807, 2.05) is 35.7 Å². The zero-order chi connectivity index (χ0) is 20.7. The first-order valence-electron chi connectivity index (χ1n) is 8.86. The third-order valence-electron chi connectivity index (χ3n) is 4.03. The van der Waals surface area contributed by atoms with Crippen molar-refractivity contribution in [3.63, 3.8) is 0 Å². The second kappa shape index (κ2) is 9.75. The normalized spacial score (nSPS) is 11.3. The lowest BCUT2D eigenvalue weighted by Crippen LogP contribution is -2.27. The number of methoxy groups -OCH3 is 1. The summed E-state index contributed by atoms with van der Waals surface area (Å²) in [6, 6.07) is 15.6. The number of amides is 1. The molecule has 0 radical (unpaired) electrons. The summed E-state index contributed by atoms with van der Waals surface area (Å²) in [5.74, 6) is -0.296. The highest BCUT2D eigenvalue weighted by atomic mass is 32.2. The number of aromatic nitrogens is 1. The highest BCUT2D eigenvalue weighted by molar-refractivity contribution is 7.89. The Labute approximate surface area is 173 Å². The fourth-order valence-corrected chi connectivity index (χ4v) is 4.36. The van der Waals surface area contributed by atoms with E-state index in [9.17, 15) is 13.2 Å². The van der Waals surface area contributed by atoms with Crippen LogP contribution in [0.15, 0.2) is 64.9 Å². The lowest BCUT2D eigenvalue weighted by atomic mass is 10.2. The molecule has 2 N–H and O–H groups in total. The number of hydrogen-bond acceptors (Lipinski definition) is 6. The van der Waals surface area contributed by atoms with Gasteiger partial charge in [0.25, 0.3) is 5.91 Å². The van der Waals surface area contributed by atoms with Gasteiger partial charge in [0.1, 0.15) is 5.01 Å². The summed E-state index contributed by atoms with van der Waals surface area (Å²) in [7, 11) is -2.13. The molecular weight excluding hydrogens is 410 g/mol. The van der Waals surface area contributed by atoms with Gasteiger partial charge >= 0.3 is 0 Å². The number of carbonyl (C=O) groups excluding carboxylic acids is 1. The van der Waals surface area contributed by atoms with E-state index < -0.39 is 10.0 Å². The summed E-state index contributed by atoms with van der Waals surface area (Å²) in [6.07, 6.45) is 0. The van der Waals surface area contributed by atoms with Crippen molar-refractivity contribution in [2.45, 2.75) is 11.4 Å². The van der Waals surface area contributed by atoms with Crippen LogP contribution >= 0.6 is 11.3 Å². The van der Waals surface area contributed by atoms with Crippen LogP contribution in [0.4, 0.5) is 0 Å². The van der Waals surface area contributed by atoms with Gasteiger partial charge in [0.05, 0.1) is 23.7 Å². The molecule has 0 unspecified atom stereocenters. The molecule has 0 aliphatic rings. The largest absolute Gasteiger partial charge is 0.383 e. The molecular formula is C20H21N3O4S2. The van der Waals surface area contributed by atoms with Gasteiger partial charge in [0, 0.05) is 30.2 Å². The number of hydrogen-bond donors (Lipinski definition) is 2. The second-order valence-corrected chi connectivity index (χ2v) is 8.73. The van der Waals surface area contributed by atoms with Gasteiger partial charge in [-0.15, -0.1) is 11.3 Å². The first-order valence-corrected chi connectivity index (χ1v) is 11.2. The van der Waals surface area contributed by atoms with Gasteiger partial charge in [0.15, 0.2) is 0 Å². The zero-order valence-electron chi connectivity index (χ0n) is 15.8. The first-order chi connectivity index (χ1) is 14.0. The molecule has 3 aromatic rings. The van der Waals surface area contributed by atoms with Crippen LogP contribution in [-0.2, 0) is 21.3 Å². The van der Waals surface area contributed by atoms with Crippen LogP contribution in [0.1, 0.15) is 16.1 Å². The predicted octanol–water partition coefficient (Wildman–Crippen LogP) is 2.66. The van der Waals surface area contributed by atoms with E-state index in [2.05, 4.69) is 15.0 Å². The van der Waals surface area contributed by atoms with Crippen molar-refractivity contribution in [1.29, 1.82) is 0 Å². The van der Waals surface area contributed by atoms with Crippen LogP contribution in [-0.4, -0.2) is 39.6 Å². The fraction of sp³-hybridized carbons (Fsp3) is 0.200. The molecule has 1 heterocycles. The van der Waals surface area contributed by atoms with Gasteiger partial charge in [0.2, 0.25) is 10.0 Å². The summed E-state index contributed by atoms with van der Waals surface area (Å²) in [6.45, 7) is 0.753. The van der Waals surface area contributed by atoms with Crippen LogP contribution in [0.5, 0.6) is 0 Å². The van der Waals surface area contributed by atoms with Gasteiger partial charge in [-0.05, 0) is 24.3 Å². The van der Waals surface area contributed by atoms with Gasteiger partial charge in [-0.1, -0.05) is 30.3 Å². The van der Waals surface area contributed by atoms with Crippen molar-refractivity contribution in [1.82, 2.24) is 15.0 Å². The van der Waals surface area contributed by atoms with Gasteiger partial charge in [-0.25, -0.2) is 18.1 Å². The molecule has 1 aromatic heterocycles. The third-order valence-corrected chi connectivity index (χ3v) is 6.44. The van der Waals surface area contributed by atoms with E-state index in [1.54, 1.807) is 0 Å². The Balaban J connectivity index is 1.58. The van der Waals surface area contributed by atoms with Crippen LogP contribution in [0, 0.1) is 0 Å². The molecule has 1 amide bonds. The Bertz CT molecular complexity index is 1050. The maximum Gasteiger partial charge on any atom is 0.251 e. The molecule has 0 fully saturated rings. The topological polar surface area (TPSA) is 97.4 Å². The smallest absolute Gasteiger partial charge is 0.251 e. The van der Waals surface area contributed by atoms with Crippen LogP contribution < -0.4 is 10.0 Å². The van der Waals surface area contributed by atoms with Crippen molar-refractivity contribution >= 4 is 27.3 Å². The van der Waals surface area contributed by atoms with Crippen LogP contribution in [0.3, 0.4) is 0 Å². The molecule has 29 heavy (non-hydrogen) atoms. The number of thiazole rings is 1. The maximum atomic E-state index is 12.3. The van der Waals surface area contributed by atoms with E-state index in [1.165, 1.54) is 42.7 Å². The van der Waals surface area contributed by atoms with Crippen molar-refractivity contribution in [3.05, 3.63) is 71.2 Å². The molecule has 9 heteroatoms. The Morgan fingerprint density at radius 2 is 1.83 bits per heavy atom. The molecule has 0 spiro atoms. The SMILES string of the molecule is COCCNS(=O)(=O)c1ccc(C(=O)NCc2csc(-c3ccccc3)n2)cc1. The van der Waals surface area contributed by atoms with Crippen LogP contribution in [0.2, 0.25) is 0 Å². The number of nitrogens with one attached hydrogen (secondary N) is 2. The predicted molar refractivity (Wildman–Crippen MR) is 112 cm³/mol. The Kier molecular flexibility index (Phi) is 7.10. The number of nitrogens with zero attached hydrogens (tertiary/aromatic N) is 1. The highest BCUT2D eigenvalue weighted by Gasteiger charge is 2.14. The maximum absolute atomic E-state index is 12.3. The molecule has 0 aliphatic carbocycles. The van der Waals surface area contributed by atoms with Crippen molar-refractivity contribution in [2.24, 2.45) is 0 Å². The lowest BCUT2D eigenvalue weighted by Gasteiger charge is -2.07. The van der Waals surface area contributed by atoms with Crippen LogP contribution in [0.25, 0.3) is 10.6 Å². The van der Waals surface area contributed by atoms with Crippen molar-refractivity contribution in [3.8, 4) is 10.6 Å². The first kappa shape index (κ1) is 21.1. The van der Waals surface area contributed by atoms with Crippen molar-refractivity contribution in [2.75, 3.05) is 20.3 Å². The quantitative estimate of drug-likeness (QED) is 0.508. The number of rotatable bonds is 9. The minimum atomic E-state index is -3.62. The molecule has 0 saturated heterocycles. The van der Waals surface area contributed by atoms with E-state index in [0.717, 1.165) is 16.3 Å². The number of carbonyl (C=O) groups is 1. The van der Waals surface area contributed by atoms with E-state index >= 15 is 0 Å². The minimum absolute atomic E-state index is 0.0946. The summed E-state index contributed by atoms with van der Waals surface area (Å²) in [5.41, 5.74) is 2.18. The number of benzene rings is 2. The van der Waals surface area contributed by atoms with Gasteiger partial charge < -0.3 is 10.1 Å². The average molecular weight is 432 g/mol. The Morgan fingerprint density at radius 1 is 1.10 bits per heavy atom. The molecule has 3 rings (SSSR count).